The molecule has 128 valence electrons. The number of carboxylic acid groups (broad SMARTS) is 1. The second-order valence-electron chi connectivity index (χ2n) is 5.11. The lowest BCUT2D eigenvalue weighted by atomic mass is 10.2. The average Bonchev–Trinajstić information content (AvgIpc) is 2.28. The molecule has 0 aliphatic heterocycles. The van der Waals surface area contributed by atoms with E-state index in [1.54, 1.807) is 20.8 Å². The van der Waals surface area contributed by atoms with Crippen molar-refractivity contribution in [3.05, 3.63) is 0 Å². The van der Waals surface area contributed by atoms with Gasteiger partial charge in [-0.15, -0.1) is 0 Å². The molecule has 0 radical (unpaired) electrons. The Hall–Kier alpha value is -1.12. The Morgan fingerprint density at radius 3 is 2.09 bits per heavy atom. The van der Waals surface area contributed by atoms with Crippen molar-refractivity contribution in [1.29, 1.82) is 0 Å². The van der Waals surface area contributed by atoms with Crippen molar-refractivity contribution in [2.75, 3.05) is 13.2 Å². The molecule has 0 heterocycles. The molecule has 0 aromatic heterocycles. The molecule has 0 fully saturated rings. The molecule has 0 bridgehead atoms. The quantitative estimate of drug-likeness (QED) is 0.630. The van der Waals surface area contributed by atoms with Crippen molar-refractivity contribution in [1.82, 2.24) is 10.6 Å². The molecule has 8 nitrogen and oxygen atoms in total. The normalized spacial score (nSPS) is 13.0. The summed E-state index contributed by atoms with van der Waals surface area (Å²) in [6, 6.07) is -1.43. The number of nitrogens with one attached hydrogen (secondary N) is 2. The summed E-state index contributed by atoms with van der Waals surface area (Å²) in [6.07, 6.45) is -1.93. The number of amides is 2. The topological polar surface area (TPSA) is 114 Å². The molecule has 0 saturated heterocycles. The van der Waals surface area contributed by atoms with Crippen molar-refractivity contribution < 1.29 is 29.0 Å². The Morgan fingerprint density at radius 2 is 1.68 bits per heavy atom. The maximum Gasteiger partial charge on any atom is 0.408 e. The third kappa shape index (κ3) is 11.5. The summed E-state index contributed by atoms with van der Waals surface area (Å²) in [5.74, 6) is -1.39. The molecular weight excluding hydrogens is 362 g/mol. The smallest absolute Gasteiger partial charge is 0.408 e. The Kier molecular flexibility index (Phi) is 8.06. The van der Waals surface area contributed by atoms with E-state index in [0.29, 0.717) is 0 Å². The first-order chi connectivity index (χ1) is 9.80. The van der Waals surface area contributed by atoms with E-state index in [-0.39, 0.29) is 0 Å². The lowest BCUT2D eigenvalue weighted by Gasteiger charge is -2.21. The number of hydrogen-bond acceptors (Lipinski definition) is 5. The van der Waals surface area contributed by atoms with Gasteiger partial charge in [-0.05, 0) is 20.8 Å². The first-order valence-electron chi connectivity index (χ1n) is 6.00. The fourth-order valence-corrected chi connectivity index (χ4v) is 1.19. The molecule has 11 heteroatoms. The first kappa shape index (κ1) is 20.9. The van der Waals surface area contributed by atoms with E-state index in [1.165, 1.54) is 0 Å². The van der Waals surface area contributed by atoms with Gasteiger partial charge < -0.3 is 25.2 Å². The van der Waals surface area contributed by atoms with Gasteiger partial charge in [-0.25, -0.2) is 14.4 Å². The van der Waals surface area contributed by atoms with Crippen LogP contribution in [0.5, 0.6) is 0 Å². The molecule has 0 rings (SSSR count). The number of carboxylic acids is 1. The summed E-state index contributed by atoms with van der Waals surface area (Å²) in [7, 11) is 0. The van der Waals surface area contributed by atoms with Crippen LogP contribution in [0.4, 0.5) is 9.59 Å². The van der Waals surface area contributed by atoms with Crippen LogP contribution in [0.25, 0.3) is 0 Å². The van der Waals surface area contributed by atoms with Crippen molar-refractivity contribution in [2.45, 2.75) is 36.2 Å². The molecule has 0 spiro atoms. The number of hydrogen-bond donors (Lipinski definition) is 3. The molecule has 1 unspecified atom stereocenters. The van der Waals surface area contributed by atoms with Crippen LogP contribution in [0.3, 0.4) is 0 Å². The number of alkyl halides is 3. The van der Waals surface area contributed by atoms with Crippen LogP contribution in [0.15, 0.2) is 0 Å². The Balaban J connectivity index is 4.36. The fourth-order valence-electron chi connectivity index (χ4n) is 1.03. The summed E-state index contributed by atoms with van der Waals surface area (Å²) < 4.78 is 7.63. The zero-order valence-corrected chi connectivity index (χ0v) is 14.4. The number of aliphatic carboxylic acids is 1. The summed E-state index contributed by atoms with van der Waals surface area (Å²) >= 11 is 16.1. The molecule has 3 N–H and O–H groups in total. The highest BCUT2D eigenvalue weighted by atomic mass is 35.6. The van der Waals surface area contributed by atoms with Crippen LogP contribution in [0.2, 0.25) is 0 Å². The lowest BCUT2D eigenvalue weighted by Crippen LogP contribution is -2.49. The predicted octanol–water partition coefficient (Wildman–Crippen LogP) is 2.06. The molecular formula is C11H17Cl3N2O6. The summed E-state index contributed by atoms with van der Waals surface area (Å²) in [5.41, 5.74) is -0.737. The van der Waals surface area contributed by atoms with Crippen molar-refractivity contribution >= 4 is 53.0 Å². The van der Waals surface area contributed by atoms with Crippen LogP contribution in [-0.4, -0.2) is 51.8 Å². The molecule has 2 amide bonds. The zero-order valence-electron chi connectivity index (χ0n) is 12.1. The van der Waals surface area contributed by atoms with E-state index in [1.807, 2.05) is 5.32 Å². The zero-order chi connectivity index (χ0) is 17.6. The van der Waals surface area contributed by atoms with Crippen LogP contribution in [-0.2, 0) is 14.3 Å². The van der Waals surface area contributed by atoms with E-state index in [4.69, 9.17) is 44.6 Å². The van der Waals surface area contributed by atoms with E-state index in [9.17, 15) is 14.4 Å². The second-order valence-corrected chi connectivity index (χ2v) is 7.63. The average molecular weight is 380 g/mol. The highest BCUT2D eigenvalue weighted by Gasteiger charge is 2.26. The monoisotopic (exact) mass is 378 g/mol. The fraction of sp³-hybridized carbons (Fsp3) is 0.727. The largest absolute Gasteiger partial charge is 0.480 e. The van der Waals surface area contributed by atoms with Crippen LogP contribution >= 0.6 is 34.8 Å². The second kappa shape index (κ2) is 8.50. The van der Waals surface area contributed by atoms with Crippen molar-refractivity contribution in [3.8, 4) is 0 Å². The van der Waals surface area contributed by atoms with Crippen LogP contribution in [0.1, 0.15) is 20.8 Å². The van der Waals surface area contributed by atoms with E-state index in [2.05, 4.69) is 10.1 Å². The van der Waals surface area contributed by atoms with Gasteiger partial charge in [0, 0.05) is 0 Å². The Labute approximate surface area is 142 Å². The molecule has 0 aliphatic rings. The predicted molar refractivity (Wildman–Crippen MR) is 80.4 cm³/mol. The number of halogens is 3. The number of rotatable bonds is 5. The number of carbonyl (C=O) groups is 3. The van der Waals surface area contributed by atoms with Gasteiger partial charge in [0.25, 0.3) is 0 Å². The highest BCUT2D eigenvalue weighted by Crippen LogP contribution is 2.25. The molecule has 0 aromatic carbocycles. The third-order valence-electron chi connectivity index (χ3n) is 1.81. The minimum absolute atomic E-state index is 0.410. The van der Waals surface area contributed by atoms with Crippen molar-refractivity contribution in [3.63, 3.8) is 0 Å². The molecule has 1 atom stereocenters. The van der Waals surface area contributed by atoms with Gasteiger partial charge in [-0.1, -0.05) is 34.8 Å². The Morgan fingerprint density at radius 1 is 1.14 bits per heavy atom. The van der Waals surface area contributed by atoms with Gasteiger partial charge in [0.1, 0.15) is 18.2 Å². The maximum absolute atomic E-state index is 11.4. The number of ether oxygens (including phenoxy) is 2. The van der Waals surface area contributed by atoms with Crippen LogP contribution in [0, 0.1) is 0 Å². The maximum atomic E-state index is 11.4. The van der Waals surface area contributed by atoms with E-state index in [0.717, 1.165) is 0 Å². The molecule has 0 aromatic rings. The molecule has 0 aliphatic carbocycles. The summed E-state index contributed by atoms with van der Waals surface area (Å²) in [5, 5.41) is 13.2. The highest BCUT2D eigenvalue weighted by molar-refractivity contribution is 6.67. The molecule has 22 heavy (non-hydrogen) atoms. The van der Waals surface area contributed by atoms with Crippen molar-refractivity contribution in [2.24, 2.45) is 0 Å². The first-order valence-corrected chi connectivity index (χ1v) is 7.13. The minimum Gasteiger partial charge on any atom is -0.480 e. The lowest BCUT2D eigenvalue weighted by molar-refractivity contribution is -0.139. The van der Waals surface area contributed by atoms with Gasteiger partial charge in [-0.3, -0.25) is 0 Å². The van der Waals surface area contributed by atoms with Crippen LogP contribution < -0.4 is 10.6 Å². The summed E-state index contributed by atoms with van der Waals surface area (Å²) in [4.78, 5) is 33.8. The minimum atomic E-state index is -1.81. The van der Waals surface area contributed by atoms with E-state index >= 15 is 0 Å². The SMILES string of the molecule is CC(C)(C)OC(=O)NCC(NC(=O)OCC(Cl)(Cl)Cl)C(=O)O. The standard InChI is InChI=1S/C11H17Cl3N2O6/c1-10(2,3)22-8(19)15-4-6(7(17)18)16-9(20)21-5-11(12,13)14/h6H,4-5H2,1-3H3,(H,15,19)(H,16,20)(H,17,18). The molecule has 0 saturated carbocycles. The van der Waals surface area contributed by atoms with Gasteiger partial charge in [0.2, 0.25) is 3.79 Å². The van der Waals surface area contributed by atoms with Gasteiger partial charge in [0.15, 0.2) is 0 Å². The third-order valence-corrected chi connectivity index (χ3v) is 2.13. The number of carbonyl (C=O) groups excluding carboxylic acids is 2. The van der Waals surface area contributed by atoms with Gasteiger partial charge >= 0.3 is 18.2 Å². The summed E-state index contributed by atoms with van der Waals surface area (Å²) in [6.45, 7) is 3.97. The van der Waals surface area contributed by atoms with Gasteiger partial charge in [0.05, 0.1) is 6.54 Å². The van der Waals surface area contributed by atoms with E-state index < -0.39 is 46.7 Å². The Bertz CT molecular complexity index is 419. The van der Waals surface area contributed by atoms with Gasteiger partial charge in [-0.2, -0.15) is 0 Å². The number of alkyl carbamates (subject to hydrolysis) is 2.